The summed E-state index contributed by atoms with van der Waals surface area (Å²) in [7, 11) is -3.63. The zero-order valence-electron chi connectivity index (χ0n) is 15.1. The predicted octanol–water partition coefficient (Wildman–Crippen LogP) is 2.40. The number of hydrogen-bond donors (Lipinski definition) is 1. The van der Waals surface area contributed by atoms with Crippen LogP contribution in [0.25, 0.3) is 0 Å². The lowest BCUT2D eigenvalue weighted by molar-refractivity contribution is 0.102. The van der Waals surface area contributed by atoms with E-state index in [4.69, 9.17) is 0 Å². The third-order valence-corrected chi connectivity index (χ3v) is 6.49. The van der Waals surface area contributed by atoms with E-state index in [9.17, 15) is 17.6 Å². The molecule has 2 aromatic carbocycles. The molecule has 1 amide bonds. The lowest BCUT2D eigenvalue weighted by Crippen LogP contribution is -2.48. The molecule has 0 unspecified atom stereocenters. The first-order chi connectivity index (χ1) is 12.9. The topological polar surface area (TPSA) is 69.7 Å². The molecule has 1 saturated heterocycles. The van der Waals surface area contributed by atoms with Crippen molar-refractivity contribution in [1.82, 2.24) is 9.21 Å². The predicted molar refractivity (Wildman–Crippen MR) is 102 cm³/mol. The van der Waals surface area contributed by atoms with Crippen LogP contribution in [0.15, 0.2) is 53.4 Å². The Hall–Kier alpha value is -2.29. The Balaban J connectivity index is 1.76. The second kappa shape index (κ2) is 8.16. The zero-order valence-corrected chi connectivity index (χ0v) is 15.9. The number of hydrogen-bond acceptors (Lipinski definition) is 4. The summed E-state index contributed by atoms with van der Waals surface area (Å²) in [4.78, 5) is 14.6. The third-order valence-electron chi connectivity index (χ3n) is 4.59. The number of sulfonamides is 1. The first-order valence-electron chi connectivity index (χ1n) is 8.79. The van der Waals surface area contributed by atoms with Crippen LogP contribution in [0.5, 0.6) is 0 Å². The standard InChI is InChI=1S/C19H22FN3O3S/c1-2-22-9-11-23(12-10-22)27(25,26)18-8-4-7-17(14-18)21-19(24)15-5-3-6-16(20)13-15/h3-8,13-14H,2,9-12H2,1H3,(H,21,24). The average Bonchev–Trinajstić information content (AvgIpc) is 2.68. The van der Waals surface area contributed by atoms with Crippen molar-refractivity contribution in [3.63, 3.8) is 0 Å². The van der Waals surface area contributed by atoms with E-state index < -0.39 is 21.7 Å². The van der Waals surface area contributed by atoms with Crippen LogP contribution in [0.4, 0.5) is 10.1 Å². The van der Waals surface area contributed by atoms with Crippen molar-refractivity contribution in [2.75, 3.05) is 38.0 Å². The second-order valence-electron chi connectivity index (χ2n) is 6.33. The van der Waals surface area contributed by atoms with Gasteiger partial charge < -0.3 is 10.2 Å². The van der Waals surface area contributed by atoms with Gasteiger partial charge in [-0.1, -0.05) is 19.1 Å². The summed E-state index contributed by atoms with van der Waals surface area (Å²) in [6.45, 7) is 5.23. The number of amides is 1. The van der Waals surface area contributed by atoms with Crippen molar-refractivity contribution in [1.29, 1.82) is 0 Å². The Morgan fingerprint density at radius 3 is 2.44 bits per heavy atom. The lowest BCUT2D eigenvalue weighted by atomic mass is 10.2. The van der Waals surface area contributed by atoms with Crippen LogP contribution in [0.2, 0.25) is 0 Å². The van der Waals surface area contributed by atoms with Crippen LogP contribution < -0.4 is 5.32 Å². The van der Waals surface area contributed by atoms with Crippen LogP contribution >= 0.6 is 0 Å². The van der Waals surface area contributed by atoms with Gasteiger partial charge in [0.05, 0.1) is 4.90 Å². The fraction of sp³-hybridized carbons (Fsp3) is 0.316. The summed E-state index contributed by atoms with van der Waals surface area (Å²) in [6, 6.07) is 11.4. The summed E-state index contributed by atoms with van der Waals surface area (Å²) in [6.07, 6.45) is 0. The van der Waals surface area contributed by atoms with Gasteiger partial charge >= 0.3 is 0 Å². The first-order valence-corrected chi connectivity index (χ1v) is 10.2. The van der Waals surface area contributed by atoms with E-state index >= 15 is 0 Å². The van der Waals surface area contributed by atoms with Crippen molar-refractivity contribution in [3.8, 4) is 0 Å². The molecule has 0 radical (unpaired) electrons. The molecule has 6 nitrogen and oxygen atoms in total. The van der Waals surface area contributed by atoms with Gasteiger partial charge in [0.25, 0.3) is 5.91 Å². The molecule has 0 aliphatic carbocycles. The Morgan fingerprint density at radius 1 is 1.07 bits per heavy atom. The third kappa shape index (κ3) is 4.52. The Morgan fingerprint density at radius 2 is 1.78 bits per heavy atom. The van der Waals surface area contributed by atoms with E-state index in [0.29, 0.717) is 31.9 Å². The minimum atomic E-state index is -3.63. The maximum absolute atomic E-state index is 13.3. The summed E-state index contributed by atoms with van der Waals surface area (Å²) in [5, 5.41) is 2.62. The molecule has 0 saturated carbocycles. The highest BCUT2D eigenvalue weighted by Crippen LogP contribution is 2.21. The van der Waals surface area contributed by atoms with Crippen LogP contribution in [-0.2, 0) is 10.0 Å². The van der Waals surface area contributed by atoms with Gasteiger partial charge in [0.15, 0.2) is 0 Å². The Kier molecular flexibility index (Phi) is 5.88. The van der Waals surface area contributed by atoms with E-state index in [-0.39, 0.29) is 10.5 Å². The highest BCUT2D eigenvalue weighted by molar-refractivity contribution is 7.89. The summed E-state index contributed by atoms with van der Waals surface area (Å²) >= 11 is 0. The maximum atomic E-state index is 13.3. The highest BCUT2D eigenvalue weighted by atomic mass is 32.2. The molecule has 1 aliphatic heterocycles. The lowest BCUT2D eigenvalue weighted by Gasteiger charge is -2.33. The molecule has 0 atom stereocenters. The summed E-state index contributed by atoms with van der Waals surface area (Å²) < 4.78 is 40.5. The van der Waals surface area contributed by atoms with Gasteiger partial charge in [-0.15, -0.1) is 0 Å². The number of rotatable bonds is 5. The Labute approximate surface area is 158 Å². The van der Waals surface area contributed by atoms with Crippen LogP contribution in [0, 0.1) is 5.82 Å². The van der Waals surface area contributed by atoms with Gasteiger partial charge in [0.2, 0.25) is 10.0 Å². The molecule has 144 valence electrons. The molecule has 1 N–H and O–H groups in total. The number of carbonyl (C=O) groups is 1. The number of anilines is 1. The van der Waals surface area contributed by atoms with Gasteiger partial charge in [0, 0.05) is 37.4 Å². The number of nitrogens with one attached hydrogen (secondary N) is 1. The molecule has 0 aromatic heterocycles. The number of halogens is 1. The molecule has 3 rings (SSSR count). The minimum absolute atomic E-state index is 0.129. The van der Waals surface area contributed by atoms with Crippen molar-refractivity contribution >= 4 is 21.6 Å². The number of nitrogens with zero attached hydrogens (tertiary/aromatic N) is 2. The summed E-state index contributed by atoms with van der Waals surface area (Å²) in [5.74, 6) is -1.01. The van der Waals surface area contributed by atoms with Crippen molar-refractivity contribution < 1.29 is 17.6 Å². The molecule has 2 aromatic rings. The number of piperazine rings is 1. The van der Waals surface area contributed by atoms with E-state index in [1.54, 1.807) is 12.1 Å². The van der Waals surface area contributed by atoms with Crippen molar-refractivity contribution in [2.45, 2.75) is 11.8 Å². The minimum Gasteiger partial charge on any atom is -0.322 e. The Bertz CT molecular complexity index is 925. The average molecular weight is 391 g/mol. The fourth-order valence-electron chi connectivity index (χ4n) is 3.00. The van der Waals surface area contributed by atoms with Crippen LogP contribution in [-0.4, -0.2) is 56.3 Å². The monoisotopic (exact) mass is 391 g/mol. The molecular formula is C19H22FN3O3S. The van der Waals surface area contributed by atoms with E-state index in [2.05, 4.69) is 17.1 Å². The van der Waals surface area contributed by atoms with E-state index in [1.165, 1.54) is 34.6 Å². The molecule has 0 bridgehead atoms. The number of carbonyl (C=O) groups excluding carboxylic acids is 1. The summed E-state index contributed by atoms with van der Waals surface area (Å²) in [5.41, 5.74) is 0.511. The van der Waals surface area contributed by atoms with Gasteiger partial charge in [-0.3, -0.25) is 4.79 Å². The second-order valence-corrected chi connectivity index (χ2v) is 8.27. The van der Waals surface area contributed by atoms with Crippen LogP contribution in [0.1, 0.15) is 17.3 Å². The van der Waals surface area contributed by atoms with Gasteiger partial charge in [0.1, 0.15) is 5.82 Å². The smallest absolute Gasteiger partial charge is 0.255 e. The van der Waals surface area contributed by atoms with Crippen molar-refractivity contribution in [2.24, 2.45) is 0 Å². The first kappa shape index (κ1) is 19.5. The largest absolute Gasteiger partial charge is 0.322 e. The molecule has 1 heterocycles. The zero-order chi connectivity index (χ0) is 19.4. The molecule has 27 heavy (non-hydrogen) atoms. The van der Waals surface area contributed by atoms with Gasteiger partial charge in [-0.05, 0) is 42.9 Å². The molecule has 8 heteroatoms. The normalized spacial score (nSPS) is 16.2. The van der Waals surface area contributed by atoms with E-state index in [0.717, 1.165) is 12.6 Å². The van der Waals surface area contributed by atoms with E-state index in [1.807, 2.05) is 0 Å². The van der Waals surface area contributed by atoms with Crippen molar-refractivity contribution in [3.05, 3.63) is 59.9 Å². The maximum Gasteiger partial charge on any atom is 0.255 e. The molecular weight excluding hydrogens is 369 g/mol. The highest BCUT2D eigenvalue weighted by Gasteiger charge is 2.28. The van der Waals surface area contributed by atoms with Gasteiger partial charge in [-0.25, -0.2) is 12.8 Å². The SMILES string of the molecule is CCN1CCN(S(=O)(=O)c2cccc(NC(=O)c3cccc(F)c3)c2)CC1. The number of likely N-dealkylation sites (N-methyl/N-ethyl adjacent to an activating group) is 1. The quantitative estimate of drug-likeness (QED) is 0.850. The molecule has 0 spiro atoms. The molecule has 1 aliphatic rings. The van der Waals surface area contributed by atoms with Crippen LogP contribution in [0.3, 0.4) is 0 Å². The molecule has 1 fully saturated rings. The number of benzene rings is 2. The van der Waals surface area contributed by atoms with Gasteiger partial charge in [-0.2, -0.15) is 4.31 Å². The fourth-order valence-corrected chi connectivity index (χ4v) is 4.47.